The molecule has 6 rings (SSSR count). The molecule has 1 aromatic heterocycles. The van der Waals surface area contributed by atoms with Gasteiger partial charge in [-0.25, -0.2) is 9.48 Å². The van der Waals surface area contributed by atoms with Crippen LogP contribution in [-0.4, -0.2) is 56.8 Å². The Balaban J connectivity index is 1.04. The smallest absolute Gasteiger partial charge is 0.315 e. The van der Waals surface area contributed by atoms with Crippen LogP contribution in [0.1, 0.15) is 69.5 Å². The first-order valence-corrected chi connectivity index (χ1v) is 11.9. The number of carbonyl (C=O) groups is 2. The molecule has 4 aliphatic carbocycles. The molecule has 0 aromatic carbocycles. The Bertz CT molecular complexity index is 788. The summed E-state index contributed by atoms with van der Waals surface area (Å²) in [6.45, 7) is 1.78. The van der Waals surface area contributed by atoms with Gasteiger partial charge in [-0.05, 0) is 69.1 Å². The van der Waals surface area contributed by atoms with Crippen LogP contribution in [0.2, 0.25) is 0 Å². The normalized spacial score (nSPS) is 32.3. The minimum atomic E-state index is -0.104. The highest BCUT2D eigenvalue weighted by Gasteiger charge is 2.51. The van der Waals surface area contributed by atoms with Crippen molar-refractivity contribution in [2.24, 2.45) is 24.8 Å². The molecule has 0 unspecified atom stereocenters. The zero-order chi connectivity index (χ0) is 21.6. The van der Waals surface area contributed by atoms with E-state index >= 15 is 0 Å². The van der Waals surface area contributed by atoms with Gasteiger partial charge in [0.25, 0.3) is 0 Å². The Morgan fingerprint density at radius 3 is 2.26 bits per heavy atom. The Labute approximate surface area is 183 Å². The molecule has 9 nitrogen and oxygen atoms in total. The molecular weight excluding hydrogens is 394 g/mol. The average Bonchev–Trinajstić information content (AvgIpc) is 3.05. The van der Waals surface area contributed by atoms with Crippen molar-refractivity contribution in [3.05, 3.63) is 5.82 Å². The van der Waals surface area contributed by atoms with Gasteiger partial charge in [-0.15, -0.1) is 0 Å². The minimum Gasteiger partial charge on any atom is -0.368 e. The van der Waals surface area contributed by atoms with Crippen molar-refractivity contribution in [1.82, 2.24) is 30.3 Å². The van der Waals surface area contributed by atoms with Crippen molar-refractivity contribution >= 4 is 17.9 Å². The van der Waals surface area contributed by atoms with E-state index in [-0.39, 0.29) is 23.4 Å². The van der Waals surface area contributed by atoms with Crippen molar-refractivity contribution in [2.75, 3.05) is 25.4 Å². The molecule has 31 heavy (non-hydrogen) atoms. The second-order valence-corrected chi connectivity index (χ2v) is 10.4. The van der Waals surface area contributed by atoms with Crippen LogP contribution in [0.5, 0.6) is 0 Å². The van der Waals surface area contributed by atoms with Gasteiger partial charge >= 0.3 is 6.03 Å². The number of rotatable bonds is 5. The molecular formula is C22H35N7O2. The number of nitrogens with two attached hydrogens (primary N) is 1. The summed E-state index contributed by atoms with van der Waals surface area (Å²) >= 11 is 0. The summed E-state index contributed by atoms with van der Waals surface area (Å²) in [6.07, 6.45) is 9.51. The Kier molecular flexibility index (Phi) is 5.30. The van der Waals surface area contributed by atoms with Gasteiger partial charge in [0.1, 0.15) is 0 Å². The summed E-state index contributed by atoms with van der Waals surface area (Å²) in [5.74, 6) is 3.94. The number of nitrogens with zero attached hydrogens (tertiary/aromatic N) is 4. The lowest BCUT2D eigenvalue weighted by atomic mass is 9.53. The number of likely N-dealkylation sites (tertiary alicyclic amines) is 1. The van der Waals surface area contributed by atoms with Crippen LogP contribution in [0.3, 0.4) is 0 Å². The van der Waals surface area contributed by atoms with E-state index in [2.05, 4.69) is 20.7 Å². The highest BCUT2D eigenvalue weighted by Crippen LogP contribution is 2.55. The molecule has 1 saturated heterocycles. The fraction of sp³-hybridized carbons (Fsp3) is 0.818. The van der Waals surface area contributed by atoms with E-state index in [4.69, 9.17) is 5.73 Å². The van der Waals surface area contributed by atoms with Gasteiger partial charge in [-0.1, -0.05) is 0 Å². The van der Waals surface area contributed by atoms with E-state index in [0.29, 0.717) is 32.0 Å². The summed E-state index contributed by atoms with van der Waals surface area (Å²) in [5, 5.41) is 10.6. The SMILES string of the molecule is Cn1nc(C2CCN(C(=O)CCNC(=O)NC34CC5CC(CC(C5)C3)C4)CC2)nc1N. The summed E-state index contributed by atoms with van der Waals surface area (Å²) < 4.78 is 1.59. The first-order chi connectivity index (χ1) is 14.9. The largest absolute Gasteiger partial charge is 0.368 e. The fourth-order valence-electron chi connectivity index (χ4n) is 6.97. The van der Waals surface area contributed by atoms with Crippen molar-refractivity contribution in [3.63, 3.8) is 0 Å². The molecule has 5 aliphatic rings. The number of hydrogen-bond donors (Lipinski definition) is 3. The number of amides is 3. The molecule has 4 bridgehead atoms. The maximum Gasteiger partial charge on any atom is 0.315 e. The monoisotopic (exact) mass is 429 g/mol. The van der Waals surface area contributed by atoms with Crippen molar-refractivity contribution in [1.29, 1.82) is 0 Å². The third-order valence-corrected chi connectivity index (χ3v) is 8.07. The number of hydrogen-bond acceptors (Lipinski definition) is 5. The fourth-order valence-corrected chi connectivity index (χ4v) is 6.97. The Morgan fingerprint density at radius 2 is 1.71 bits per heavy atom. The zero-order valence-corrected chi connectivity index (χ0v) is 18.5. The van der Waals surface area contributed by atoms with E-state index in [0.717, 1.165) is 55.7 Å². The topological polar surface area (TPSA) is 118 Å². The summed E-state index contributed by atoms with van der Waals surface area (Å²) in [5.41, 5.74) is 5.79. The van der Waals surface area contributed by atoms with Crippen molar-refractivity contribution in [3.8, 4) is 0 Å². The van der Waals surface area contributed by atoms with Gasteiger partial charge in [-0.2, -0.15) is 10.1 Å². The molecule has 3 amide bonds. The third-order valence-electron chi connectivity index (χ3n) is 8.07. The number of aromatic nitrogens is 3. The van der Waals surface area contributed by atoms with Gasteiger partial charge in [0, 0.05) is 44.6 Å². The summed E-state index contributed by atoms with van der Waals surface area (Å²) in [7, 11) is 1.79. The Hall–Kier alpha value is -2.32. The minimum absolute atomic E-state index is 0.00757. The second-order valence-electron chi connectivity index (χ2n) is 10.4. The molecule has 1 aliphatic heterocycles. The molecule has 5 fully saturated rings. The van der Waals surface area contributed by atoms with Crippen LogP contribution in [0, 0.1) is 17.8 Å². The quantitative estimate of drug-likeness (QED) is 0.659. The predicted molar refractivity (Wildman–Crippen MR) is 116 cm³/mol. The number of carbonyl (C=O) groups excluding carboxylic acids is 2. The van der Waals surface area contributed by atoms with E-state index in [1.165, 1.54) is 19.3 Å². The third kappa shape index (κ3) is 4.23. The number of urea groups is 1. The highest BCUT2D eigenvalue weighted by molar-refractivity contribution is 5.78. The highest BCUT2D eigenvalue weighted by atomic mass is 16.2. The van der Waals surface area contributed by atoms with E-state index in [1.807, 2.05) is 4.90 Å². The number of anilines is 1. The lowest BCUT2D eigenvalue weighted by Gasteiger charge is -2.56. The predicted octanol–water partition coefficient (Wildman–Crippen LogP) is 1.76. The first-order valence-electron chi connectivity index (χ1n) is 11.9. The first kappa shape index (κ1) is 20.6. The van der Waals surface area contributed by atoms with Gasteiger partial charge < -0.3 is 21.3 Å². The van der Waals surface area contributed by atoms with Crippen LogP contribution in [0.4, 0.5) is 10.7 Å². The van der Waals surface area contributed by atoms with Crippen LogP contribution in [0.25, 0.3) is 0 Å². The van der Waals surface area contributed by atoms with Crippen LogP contribution < -0.4 is 16.4 Å². The van der Waals surface area contributed by atoms with Gasteiger partial charge in [0.05, 0.1) is 0 Å². The molecule has 0 atom stereocenters. The standard InChI is InChI=1S/C22H35N7O2/c1-28-20(23)25-19(27-28)17-3-6-29(7-4-17)18(30)2-5-24-21(31)26-22-11-14-8-15(12-22)10-16(9-14)13-22/h14-17H,2-13H2,1H3,(H2,23,25,27)(H2,24,26,31). The molecule has 170 valence electrons. The summed E-state index contributed by atoms with van der Waals surface area (Å²) in [6, 6.07) is -0.104. The molecule has 1 aromatic rings. The van der Waals surface area contributed by atoms with E-state index in [1.54, 1.807) is 11.7 Å². The molecule has 0 radical (unpaired) electrons. The van der Waals surface area contributed by atoms with Gasteiger partial charge in [0.2, 0.25) is 11.9 Å². The molecule has 4 N–H and O–H groups in total. The molecule has 0 spiro atoms. The van der Waals surface area contributed by atoms with E-state index in [9.17, 15) is 9.59 Å². The second kappa shape index (κ2) is 7.98. The molecule has 9 heteroatoms. The van der Waals surface area contributed by atoms with Crippen LogP contribution in [-0.2, 0) is 11.8 Å². The van der Waals surface area contributed by atoms with Crippen molar-refractivity contribution in [2.45, 2.75) is 69.2 Å². The average molecular weight is 430 g/mol. The zero-order valence-electron chi connectivity index (χ0n) is 18.5. The van der Waals surface area contributed by atoms with Gasteiger partial charge in [-0.3, -0.25) is 4.79 Å². The summed E-state index contributed by atoms with van der Waals surface area (Å²) in [4.78, 5) is 31.3. The number of nitrogens with one attached hydrogen (secondary N) is 2. The van der Waals surface area contributed by atoms with E-state index < -0.39 is 0 Å². The maximum atomic E-state index is 12.6. The Morgan fingerprint density at radius 1 is 1.10 bits per heavy atom. The van der Waals surface area contributed by atoms with Crippen LogP contribution >= 0.6 is 0 Å². The van der Waals surface area contributed by atoms with Gasteiger partial charge in [0.15, 0.2) is 5.82 Å². The molecule has 2 heterocycles. The maximum absolute atomic E-state index is 12.6. The number of nitrogen functional groups attached to an aromatic ring is 1. The lowest BCUT2D eigenvalue weighted by Crippen LogP contribution is -2.61. The number of aryl methyl sites for hydroxylation is 1. The lowest BCUT2D eigenvalue weighted by molar-refractivity contribution is -0.132. The van der Waals surface area contributed by atoms with Crippen LogP contribution in [0.15, 0.2) is 0 Å². The number of piperidine rings is 1. The molecule has 4 saturated carbocycles. The van der Waals surface area contributed by atoms with Crippen molar-refractivity contribution < 1.29 is 9.59 Å².